The molecule has 7 nitrogen and oxygen atoms in total. The van der Waals surface area contributed by atoms with Crippen LogP contribution in [-0.2, 0) is 19.2 Å². The molecule has 1 heterocycles. The van der Waals surface area contributed by atoms with Gasteiger partial charge in [-0.15, -0.1) is 5.06 Å². The van der Waals surface area contributed by atoms with Gasteiger partial charge in [0, 0.05) is 34.9 Å². The van der Waals surface area contributed by atoms with E-state index in [-0.39, 0.29) is 25.2 Å². The van der Waals surface area contributed by atoms with Crippen molar-refractivity contribution in [2.75, 3.05) is 6.54 Å². The third-order valence-electron chi connectivity index (χ3n) is 3.13. The standard InChI is InChI=1S/C15H15IN2O5/c16-11-4-1-3-10(9-11)15(22)17-8-2-5-14(21)23-18-12(19)6-7-13(18)20/h1,3-4,9H,2,5-8H2,(H,17,22). The highest BCUT2D eigenvalue weighted by molar-refractivity contribution is 14.1. The lowest BCUT2D eigenvalue weighted by atomic mass is 10.2. The summed E-state index contributed by atoms with van der Waals surface area (Å²) in [7, 11) is 0. The first kappa shape index (κ1) is 17.4. The molecule has 0 unspecified atom stereocenters. The first-order valence-corrected chi connectivity index (χ1v) is 8.15. The Morgan fingerprint density at radius 3 is 2.57 bits per heavy atom. The fraction of sp³-hybridized carbons (Fsp3) is 0.333. The van der Waals surface area contributed by atoms with E-state index in [1.807, 2.05) is 6.07 Å². The van der Waals surface area contributed by atoms with E-state index in [0.717, 1.165) is 3.57 Å². The molecule has 0 spiro atoms. The van der Waals surface area contributed by atoms with Crippen LogP contribution in [0.3, 0.4) is 0 Å². The maximum Gasteiger partial charge on any atom is 0.333 e. The zero-order valence-corrected chi connectivity index (χ0v) is 14.4. The Kier molecular flexibility index (Phi) is 6.08. The topological polar surface area (TPSA) is 92.8 Å². The minimum atomic E-state index is -0.669. The summed E-state index contributed by atoms with van der Waals surface area (Å²) in [5.41, 5.74) is 0.549. The Morgan fingerprint density at radius 2 is 1.91 bits per heavy atom. The summed E-state index contributed by atoms with van der Waals surface area (Å²) in [5, 5.41) is 3.22. The van der Waals surface area contributed by atoms with E-state index in [2.05, 4.69) is 27.9 Å². The van der Waals surface area contributed by atoms with Gasteiger partial charge in [-0.3, -0.25) is 14.4 Å². The molecule has 0 aromatic heterocycles. The summed E-state index contributed by atoms with van der Waals surface area (Å²) in [5.74, 6) is -1.90. The maximum absolute atomic E-state index is 11.9. The van der Waals surface area contributed by atoms with Crippen molar-refractivity contribution in [3.05, 3.63) is 33.4 Å². The Hall–Kier alpha value is -1.97. The van der Waals surface area contributed by atoms with Gasteiger partial charge in [0.25, 0.3) is 17.7 Å². The molecule has 1 aromatic rings. The number of carbonyl (C=O) groups excluding carboxylic acids is 4. The summed E-state index contributed by atoms with van der Waals surface area (Å²) in [6.45, 7) is 0.293. The Balaban J connectivity index is 1.69. The molecule has 1 aromatic carbocycles. The van der Waals surface area contributed by atoms with E-state index < -0.39 is 17.8 Å². The number of carbonyl (C=O) groups is 4. The minimum Gasteiger partial charge on any atom is -0.352 e. The first-order chi connectivity index (χ1) is 11.0. The average molecular weight is 430 g/mol. The molecule has 0 radical (unpaired) electrons. The van der Waals surface area contributed by atoms with Gasteiger partial charge in [-0.25, -0.2) is 4.79 Å². The van der Waals surface area contributed by atoms with Crippen LogP contribution in [0.25, 0.3) is 0 Å². The van der Waals surface area contributed by atoms with Crippen molar-refractivity contribution < 1.29 is 24.0 Å². The molecule has 1 N–H and O–H groups in total. The molecular weight excluding hydrogens is 415 g/mol. The van der Waals surface area contributed by atoms with Crippen LogP contribution in [0.2, 0.25) is 0 Å². The number of nitrogens with zero attached hydrogens (tertiary/aromatic N) is 1. The van der Waals surface area contributed by atoms with Crippen LogP contribution in [0.4, 0.5) is 0 Å². The number of imide groups is 1. The molecule has 3 amide bonds. The number of hydroxylamine groups is 2. The molecule has 1 fully saturated rings. The molecule has 1 saturated heterocycles. The molecule has 2 rings (SSSR count). The monoisotopic (exact) mass is 430 g/mol. The minimum absolute atomic E-state index is 0.00364. The van der Waals surface area contributed by atoms with Crippen LogP contribution in [0, 0.1) is 3.57 Å². The van der Waals surface area contributed by atoms with E-state index in [1.54, 1.807) is 18.2 Å². The van der Waals surface area contributed by atoms with E-state index in [1.165, 1.54) is 0 Å². The van der Waals surface area contributed by atoms with Crippen molar-refractivity contribution in [3.8, 4) is 0 Å². The van der Waals surface area contributed by atoms with Crippen LogP contribution < -0.4 is 5.32 Å². The number of rotatable bonds is 6. The molecule has 1 aliphatic heterocycles. The third-order valence-corrected chi connectivity index (χ3v) is 3.80. The molecule has 0 saturated carbocycles. The van der Waals surface area contributed by atoms with Gasteiger partial charge in [-0.05, 0) is 47.2 Å². The zero-order chi connectivity index (χ0) is 16.8. The number of hydrogen-bond donors (Lipinski definition) is 1. The number of amides is 3. The molecule has 0 aliphatic carbocycles. The lowest BCUT2D eigenvalue weighted by Gasteiger charge is -2.12. The fourth-order valence-electron chi connectivity index (χ4n) is 1.97. The Labute approximate surface area is 146 Å². The second-order valence-corrected chi connectivity index (χ2v) is 6.16. The molecule has 0 bridgehead atoms. The highest BCUT2D eigenvalue weighted by Gasteiger charge is 2.32. The van der Waals surface area contributed by atoms with Crippen LogP contribution >= 0.6 is 22.6 Å². The van der Waals surface area contributed by atoms with E-state index in [0.29, 0.717) is 23.6 Å². The van der Waals surface area contributed by atoms with Crippen LogP contribution in [0.1, 0.15) is 36.0 Å². The number of hydrogen-bond acceptors (Lipinski definition) is 5. The largest absolute Gasteiger partial charge is 0.352 e. The molecule has 23 heavy (non-hydrogen) atoms. The van der Waals surface area contributed by atoms with Gasteiger partial charge < -0.3 is 10.2 Å². The summed E-state index contributed by atoms with van der Waals surface area (Å²) >= 11 is 2.12. The van der Waals surface area contributed by atoms with Gasteiger partial charge in [-0.1, -0.05) is 6.07 Å². The second kappa shape index (κ2) is 8.04. The fourth-order valence-corrected chi connectivity index (χ4v) is 2.51. The SMILES string of the molecule is O=C(CCCNC(=O)c1cccc(I)c1)ON1C(=O)CCC1=O. The maximum atomic E-state index is 11.9. The average Bonchev–Trinajstić information content (AvgIpc) is 2.83. The van der Waals surface area contributed by atoms with Gasteiger partial charge in [-0.2, -0.15) is 0 Å². The van der Waals surface area contributed by atoms with Crippen LogP contribution in [-0.4, -0.2) is 35.3 Å². The number of benzene rings is 1. The van der Waals surface area contributed by atoms with Crippen molar-refractivity contribution in [2.45, 2.75) is 25.7 Å². The Morgan fingerprint density at radius 1 is 1.22 bits per heavy atom. The predicted octanol–water partition coefficient (Wildman–Crippen LogP) is 1.41. The van der Waals surface area contributed by atoms with Gasteiger partial charge in [0.2, 0.25) is 0 Å². The predicted molar refractivity (Wildman–Crippen MR) is 87.9 cm³/mol. The van der Waals surface area contributed by atoms with E-state index in [4.69, 9.17) is 4.84 Å². The Bertz CT molecular complexity index is 631. The molecule has 8 heteroatoms. The van der Waals surface area contributed by atoms with Crippen molar-refractivity contribution in [1.82, 2.24) is 10.4 Å². The van der Waals surface area contributed by atoms with Crippen molar-refractivity contribution in [2.24, 2.45) is 0 Å². The number of halogens is 1. The van der Waals surface area contributed by atoms with E-state index in [9.17, 15) is 19.2 Å². The van der Waals surface area contributed by atoms with Crippen LogP contribution in [0.5, 0.6) is 0 Å². The van der Waals surface area contributed by atoms with Crippen molar-refractivity contribution in [3.63, 3.8) is 0 Å². The molecular formula is C15H15IN2O5. The molecule has 0 atom stereocenters. The molecule has 122 valence electrons. The molecule has 1 aliphatic rings. The van der Waals surface area contributed by atoms with Crippen molar-refractivity contribution >= 4 is 46.3 Å². The highest BCUT2D eigenvalue weighted by atomic mass is 127. The van der Waals surface area contributed by atoms with Gasteiger partial charge in [0.15, 0.2) is 0 Å². The zero-order valence-electron chi connectivity index (χ0n) is 12.2. The third kappa shape index (κ3) is 5.02. The van der Waals surface area contributed by atoms with Gasteiger partial charge >= 0.3 is 5.97 Å². The summed E-state index contributed by atoms with van der Waals surface area (Å²) in [4.78, 5) is 50.8. The summed E-state index contributed by atoms with van der Waals surface area (Å²) in [6.07, 6.45) is 0.491. The highest BCUT2D eigenvalue weighted by Crippen LogP contribution is 2.13. The van der Waals surface area contributed by atoms with Crippen LogP contribution in [0.15, 0.2) is 24.3 Å². The quantitative estimate of drug-likeness (QED) is 0.419. The van der Waals surface area contributed by atoms with Crippen molar-refractivity contribution in [1.29, 1.82) is 0 Å². The smallest absolute Gasteiger partial charge is 0.333 e. The lowest BCUT2D eigenvalue weighted by Crippen LogP contribution is -2.32. The number of nitrogens with one attached hydrogen (secondary N) is 1. The summed E-state index contributed by atoms with van der Waals surface area (Å²) < 4.78 is 0.957. The normalized spacial score (nSPS) is 14.0. The van der Waals surface area contributed by atoms with Gasteiger partial charge in [0.05, 0.1) is 0 Å². The second-order valence-electron chi connectivity index (χ2n) is 4.91. The van der Waals surface area contributed by atoms with E-state index >= 15 is 0 Å². The van der Waals surface area contributed by atoms with Gasteiger partial charge in [0.1, 0.15) is 0 Å². The summed E-state index contributed by atoms with van der Waals surface area (Å²) in [6, 6.07) is 7.14. The first-order valence-electron chi connectivity index (χ1n) is 7.07. The lowest BCUT2D eigenvalue weighted by molar-refractivity contribution is -0.197.